The quantitative estimate of drug-likeness (QED) is 0.432. The van der Waals surface area contributed by atoms with E-state index in [9.17, 15) is 4.79 Å². The average Bonchev–Trinajstić information content (AvgIpc) is 2.80. The van der Waals surface area contributed by atoms with Crippen molar-refractivity contribution < 1.29 is 9.47 Å². The molecule has 0 saturated heterocycles. The van der Waals surface area contributed by atoms with E-state index in [-0.39, 0.29) is 5.69 Å². The number of benzene rings is 3. The fraction of sp³-hybridized carbons (Fsp3) is 0.231. The Morgan fingerprint density at radius 1 is 0.903 bits per heavy atom. The molecule has 0 amide bonds. The van der Waals surface area contributed by atoms with Crippen LogP contribution in [0.25, 0.3) is 22.2 Å². The van der Waals surface area contributed by atoms with E-state index in [1.807, 2.05) is 54.6 Å². The lowest BCUT2D eigenvalue weighted by Crippen LogP contribution is -2.24. The zero-order valence-electron chi connectivity index (χ0n) is 18.3. The molecule has 4 rings (SSSR count). The van der Waals surface area contributed by atoms with Gasteiger partial charge < -0.3 is 9.47 Å². The van der Waals surface area contributed by atoms with Crippen LogP contribution in [0.3, 0.4) is 0 Å². The maximum absolute atomic E-state index is 13.1. The van der Waals surface area contributed by atoms with Gasteiger partial charge in [-0.05, 0) is 47.4 Å². The highest BCUT2D eigenvalue weighted by molar-refractivity contribution is 5.93. The van der Waals surface area contributed by atoms with E-state index >= 15 is 0 Å². The molecule has 3 aromatic carbocycles. The van der Waals surface area contributed by atoms with Crippen LogP contribution in [0.4, 0.5) is 0 Å². The summed E-state index contributed by atoms with van der Waals surface area (Å²) < 4.78 is 12.5. The molecule has 0 aliphatic rings. The van der Waals surface area contributed by atoms with Crippen molar-refractivity contribution in [3.63, 3.8) is 0 Å². The summed E-state index contributed by atoms with van der Waals surface area (Å²) in [5.74, 6) is 1.92. The maximum Gasteiger partial charge on any atom is 0.348 e. The van der Waals surface area contributed by atoms with E-state index in [0.717, 1.165) is 33.5 Å². The largest absolute Gasteiger partial charge is 0.497 e. The van der Waals surface area contributed by atoms with E-state index < -0.39 is 0 Å². The molecule has 1 heterocycles. The number of aromatic nitrogens is 2. The van der Waals surface area contributed by atoms with Crippen molar-refractivity contribution in [1.29, 1.82) is 0 Å². The molecule has 0 saturated carbocycles. The third-order valence-electron chi connectivity index (χ3n) is 5.51. The molecule has 158 valence electrons. The van der Waals surface area contributed by atoms with Crippen LogP contribution < -0.4 is 15.2 Å². The van der Waals surface area contributed by atoms with E-state index in [1.165, 1.54) is 5.56 Å². The summed E-state index contributed by atoms with van der Waals surface area (Å²) in [6, 6.07) is 21.7. The lowest BCUT2D eigenvalue weighted by Gasteiger charge is -2.15. The molecule has 0 N–H and O–H groups in total. The molecule has 31 heavy (non-hydrogen) atoms. The molecule has 0 atom stereocenters. The Morgan fingerprint density at radius 3 is 2.29 bits per heavy atom. The third kappa shape index (κ3) is 4.17. The van der Waals surface area contributed by atoms with Crippen LogP contribution in [0.2, 0.25) is 0 Å². The minimum Gasteiger partial charge on any atom is -0.497 e. The standard InChI is InChI=1S/C26H26N2O3/c1-17(2)19-8-10-20(11-9-19)25-23-15-22(31-4)12-13-24(23)28(26(29)27-25)16-18-6-5-7-21(14-18)30-3/h5-15,17H,16H2,1-4H3. The Morgan fingerprint density at radius 2 is 1.61 bits per heavy atom. The minimum absolute atomic E-state index is 0.288. The van der Waals surface area contributed by atoms with Crippen molar-refractivity contribution in [2.24, 2.45) is 0 Å². The van der Waals surface area contributed by atoms with E-state index in [4.69, 9.17) is 9.47 Å². The van der Waals surface area contributed by atoms with Gasteiger partial charge in [0, 0.05) is 10.9 Å². The predicted molar refractivity (Wildman–Crippen MR) is 124 cm³/mol. The molecule has 5 heteroatoms. The van der Waals surface area contributed by atoms with Gasteiger partial charge in [-0.25, -0.2) is 4.79 Å². The first kappa shape index (κ1) is 20.7. The lowest BCUT2D eigenvalue weighted by molar-refractivity contribution is 0.414. The van der Waals surface area contributed by atoms with Gasteiger partial charge >= 0.3 is 5.69 Å². The van der Waals surface area contributed by atoms with Gasteiger partial charge in [-0.15, -0.1) is 0 Å². The summed E-state index contributed by atoms with van der Waals surface area (Å²) in [6.45, 7) is 4.72. The van der Waals surface area contributed by atoms with Crippen LogP contribution >= 0.6 is 0 Å². The van der Waals surface area contributed by atoms with Gasteiger partial charge in [0.05, 0.1) is 32.0 Å². The van der Waals surface area contributed by atoms with Crippen molar-refractivity contribution in [2.45, 2.75) is 26.3 Å². The maximum atomic E-state index is 13.1. The van der Waals surface area contributed by atoms with Gasteiger partial charge in [-0.1, -0.05) is 50.2 Å². The van der Waals surface area contributed by atoms with Gasteiger partial charge in [0.25, 0.3) is 0 Å². The van der Waals surface area contributed by atoms with E-state index in [1.54, 1.807) is 18.8 Å². The van der Waals surface area contributed by atoms with Gasteiger partial charge in [-0.3, -0.25) is 4.57 Å². The molecule has 0 radical (unpaired) electrons. The average molecular weight is 415 g/mol. The summed E-state index contributed by atoms with van der Waals surface area (Å²) >= 11 is 0. The number of hydrogen-bond donors (Lipinski definition) is 0. The van der Waals surface area contributed by atoms with Gasteiger partial charge in [0.2, 0.25) is 0 Å². The first-order chi connectivity index (χ1) is 15.0. The highest BCUT2D eigenvalue weighted by atomic mass is 16.5. The number of methoxy groups -OCH3 is 2. The summed E-state index contributed by atoms with van der Waals surface area (Å²) in [6.07, 6.45) is 0. The van der Waals surface area contributed by atoms with Crippen LogP contribution in [0.5, 0.6) is 11.5 Å². The highest BCUT2D eigenvalue weighted by Crippen LogP contribution is 2.30. The summed E-state index contributed by atoms with van der Waals surface area (Å²) in [5.41, 5.74) is 4.31. The Labute approximate surface area is 181 Å². The Bertz CT molecular complexity index is 1270. The van der Waals surface area contributed by atoms with Crippen molar-refractivity contribution in [3.05, 3.63) is 88.3 Å². The SMILES string of the molecule is COc1cccc(Cn2c(=O)nc(-c3ccc(C(C)C)cc3)c3cc(OC)ccc32)c1. The Hall–Kier alpha value is -3.60. The second-order valence-electron chi connectivity index (χ2n) is 7.84. The molecule has 4 aromatic rings. The number of ether oxygens (including phenoxy) is 2. The molecule has 0 aliphatic carbocycles. The van der Waals surface area contributed by atoms with Crippen LogP contribution in [0, 0.1) is 0 Å². The molecule has 0 fully saturated rings. The fourth-order valence-corrected chi connectivity index (χ4v) is 3.74. The molecule has 0 bridgehead atoms. The van der Waals surface area contributed by atoms with E-state index in [2.05, 4.69) is 31.0 Å². The third-order valence-corrected chi connectivity index (χ3v) is 5.51. The Kier molecular flexibility index (Phi) is 5.76. The molecule has 1 aromatic heterocycles. The first-order valence-corrected chi connectivity index (χ1v) is 10.3. The molecular weight excluding hydrogens is 388 g/mol. The molecule has 0 spiro atoms. The summed E-state index contributed by atoms with van der Waals surface area (Å²) in [4.78, 5) is 17.6. The normalized spacial score (nSPS) is 11.1. The van der Waals surface area contributed by atoms with Gasteiger partial charge in [0.15, 0.2) is 0 Å². The Balaban J connectivity index is 1.88. The van der Waals surface area contributed by atoms with Crippen LogP contribution in [-0.2, 0) is 6.54 Å². The molecule has 0 aliphatic heterocycles. The number of fused-ring (bicyclic) bond motifs is 1. The fourth-order valence-electron chi connectivity index (χ4n) is 3.74. The van der Waals surface area contributed by atoms with E-state index in [0.29, 0.717) is 18.2 Å². The number of nitrogens with zero attached hydrogens (tertiary/aromatic N) is 2. The highest BCUT2D eigenvalue weighted by Gasteiger charge is 2.14. The van der Waals surface area contributed by atoms with Crippen LogP contribution in [0.15, 0.2) is 71.5 Å². The monoisotopic (exact) mass is 414 g/mol. The zero-order chi connectivity index (χ0) is 22.0. The summed E-state index contributed by atoms with van der Waals surface area (Å²) in [5, 5.41) is 0.874. The lowest BCUT2D eigenvalue weighted by atomic mass is 9.99. The topological polar surface area (TPSA) is 53.4 Å². The predicted octanol–water partition coefficient (Wildman–Crippen LogP) is 5.25. The van der Waals surface area contributed by atoms with Crippen molar-refractivity contribution in [2.75, 3.05) is 14.2 Å². The number of hydrogen-bond acceptors (Lipinski definition) is 4. The zero-order valence-corrected chi connectivity index (χ0v) is 18.3. The second-order valence-corrected chi connectivity index (χ2v) is 7.84. The molecule has 5 nitrogen and oxygen atoms in total. The van der Waals surface area contributed by atoms with Crippen molar-refractivity contribution in [3.8, 4) is 22.8 Å². The minimum atomic E-state index is -0.288. The van der Waals surface area contributed by atoms with Gasteiger partial charge in [-0.2, -0.15) is 4.98 Å². The smallest absolute Gasteiger partial charge is 0.348 e. The molecule has 0 unspecified atom stereocenters. The second kappa shape index (κ2) is 8.64. The molecular formula is C26H26N2O3. The van der Waals surface area contributed by atoms with Crippen molar-refractivity contribution >= 4 is 10.9 Å². The van der Waals surface area contributed by atoms with Crippen LogP contribution in [0.1, 0.15) is 30.9 Å². The summed E-state index contributed by atoms with van der Waals surface area (Å²) in [7, 11) is 3.27. The number of rotatable bonds is 6. The van der Waals surface area contributed by atoms with Crippen molar-refractivity contribution in [1.82, 2.24) is 9.55 Å². The first-order valence-electron chi connectivity index (χ1n) is 10.3. The van der Waals surface area contributed by atoms with Gasteiger partial charge in [0.1, 0.15) is 11.5 Å². The van der Waals surface area contributed by atoms with Crippen LogP contribution in [-0.4, -0.2) is 23.8 Å².